The monoisotopic (exact) mass is 186 g/mol. The molecule has 0 N–H and O–H groups in total. The summed E-state index contributed by atoms with van der Waals surface area (Å²) in [6.07, 6.45) is 1.45. The van der Waals surface area contributed by atoms with Crippen LogP contribution in [0.15, 0.2) is 43.0 Å². The van der Waals surface area contributed by atoms with Crippen LogP contribution >= 0.6 is 0 Å². The van der Waals surface area contributed by atoms with Crippen molar-refractivity contribution in [3.05, 3.63) is 48.6 Å². The van der Waals surface area contributed by atoms with Crippen molar-refractivity contribution < 1.29 is 9.53 Å². The molecule has 1 aromatic carbocycles. The van der Waals surface area contributed by atoms with Crippen molar-refractivity contribution in [1.82, 2.24) is 0 Å². The van der Waals surface area contributed by atoms with E-state index in [2.05, 4.69) is 18.4 Å². The highest BCUT2D eigenvalue weighted by Crippen LogP contribution is 2.00. The summed E-state index contributed by atoms with van der Waals surface area (Å²) >= 11 is 0. The number of ether oxygens (including phenoxy) is 1. The van der Waals surface area contributed by atoms with Crippen molar-refractivity contribution in [2.75, 3.05) is 6.61 Å². The number of allylic oxidation sites excluding steroid dienone is 1. The summed E-state index contributed by atoms with van der Waals surface area (Å²) in [5.74, 6) is 4.86. The van der Waals surface area contributed by atoms with Crippen molar-refractivity contribution in [3.63, 3.8) is 0 Å². The Morgan fingerprint density at radius 2 is 2.14 bits per heavy atom. The van der Waals surface area contributed by atoms with Crippen LogP contribution in [-0.4, -0.2) is 12.6 Å². The zero-order valence-corrected chi connectivity index (χ0v) is 7.69. The van der Waals surface area contributed by atoms with Crippen LogP contribution in [0.4, 0.5) is 0 Å². The second-order valence-corrected chi connectivity index (χ2v) is 2.47. The van der Waals surface area contributed by atoms with Crippen molar-refractivity contribution in [1.29, 1.82) is 0 Å². The predicted molar refractivity (Wildman–Crippen MR) is 54.7 cm³/mol. The molecule has 0 atom stereocenters. The molecule has 0 heterocycles. The van der Waals surface area contributed by atoms with E-state index in [4.69, 9.17) is 4.74 Å². The summed E-state index contributed by atoms with van der Waals surface area (Å²) in [5, 5.41) is 0. The van der Waals surface area contributed by atoms with Crippen LogP contribution in [0.5, 0.6) is 0 Å². The molecule has 0 aliphatic rings. The maximum absolute atomic E-state index is 11.3. The van der Waals surface area contributed by atoms with Crippen LogP contribution in [-0.2, 0) is 4.74 Å². The van der Waals surface area contributed by atoms with Gasteiger partial charge >= 0.3 is 5.97 Å². The third-order valence-electron chi connectivity index (χ3n) is 1.49. The minimum absolute atomic E-state index is 0.0970. The molecule has 2 heteroatoms. The number of carbonyl (C=O) groups is 1. The molecule has 0 saturated carbocycles. The molecule has 0 bridgehead atoms. The Balaban J connectivity index is 2.47. The first-order valence-electron chi connectivity index (χ1n) is 4.16. The average Bonchev–Trinajstić information content (AvgIpc) is 2.25. The molecule has 14 heavy (non-hydrogen) atoms. The summed E-state index contributed by atoms with van der Waals surface area (Å²) in [5.41, 5.74) is 0.535. The Kier molecular flexibility index (Phi) is 4.03. The molecule has 0 amide bonds. The fourth-order valence-electron chi connectivity index (χ4n) is 0.873. The van der Waals surface area contributed by atoms with E-state index in [-0.39, 0.29) is 12.6 Å². The van der Waals surface area contributed by atoms with Gasteiger partial charge in [0.25, 0.3) is 0 Å². The number of carbonyl (C=O) groups excluding carboxylic acids is 1. The molecular formula is C12H10O2. The molecule has 70 valence electrons. The molecule has 0 unspecified atom stereocenters. The second kappa shape index (κ2) is 5.60. The second-order valence-electron chi connectivity index (χ2n) is 2.47. The molecule has 0 spiro atoms. The SMILES string of the molecule is C=CC#CCOC(=O)c1ccccc1. The summed E-state index contributed by atoms with van der Waals surface area (Å²) < 4.78 is 4.87. The Bertz CT molecular complexity index is 368. The number of hydrogen-bond donors (Lipinski definition) is 0. The van der Waals surface area contributed by atoms with Gasteiger partial charge in [0.15, 0.2) is 6.61 Å². The molecule has 2 nitrogen and oxygen atoms in total. The lowest BCUT2D eigenvalue weighted by Gasteiger charge is -1.99. The van der Waals surface area contributed by atoms with Gasteiger partial charge in [0.1, 0.15) is 0 Å². The van der Waals surface area contributed by atoms with Crippen LogP contribution < -0.4 is 0 Å². The minimum Gasteiger partial charge on any atom is -0.449 e. The fourth-order valence-corrected chi connectivity index (χ4v) is 0.873. The van der Waals surface area contributed by atoms with E-state index < -0.39 is 0 Å². The standard InChI is InChI=1S/C12H10O2/c1-2-3-7-10-14-12(13)11-8-5-4-6-9-11/h2,4-6,8-9H,1,10H2. The highest BCUT2D eigenvalue weighted by Gasteiger charge is 2.03. The first-order chi connectivity index (χ1) is 6.84. The summed E-state index contributed by atoms with van der Waals surface area (Å²) in [6.45, 7) is 3.52. The zero-order valence-electron chi connectivity index (χ0n) is 7.69. The van der Waals surface area contributed by atoms with Gasteiger partial charge in [0, 0.05) is 0 Å². The van der Waals surface area contributed by atoms with E-state index in [1.54, 1.807) is 24.3 Å². The smallest absolute Gasteiger partial charge is 0.339 e. The maximum atomic E-state index is 11.3. The van der Waals surface area contributed by atoms with Crippen molar-refractivity contribution in [2.45, 2.75) is 0 Å². The Labute approximate surface area is 83.2 Å². The molecule has 0 fully saturated rings. The van der Waals surface area contributed by atoms with Gasteiger partial charge in [-0.05, 0) is 18.2 Å². The molecule has 0 saturated heterocycles. The third-order valence-corrected chi connectivity index (χ3v) is 1.49. The summed E-state index contributed by atoms with van der Waals surface area (Å²) in [6, 6.07) is 8.80. The topological polar surface area (TPSA) is 26.3 Å². The van der Waals surface area contributed by atoms with E-state index in [0.29, 0.717) is 5.56 Å². The van der Waals surface area contributed by atoms with Crippen molar-refractivity contribution in [2.24, 2.45) is 0 Å². The van der Waals surface area contributed by atoms with E-state index in [1.165, 1.54) is 6.08 Å². The Morgan fingerprint density at radius 3 is 2.79 bits per heavy atom. The highest BCUT2D eigenvalue weighted by atomic mass is 16.5. The van der Waals surface area contributed by atoms with Gasteiger partial charge in [-0.15, -0.1) is 0 Å². The number of hydrogen-bond acceptors (Lipinski definition) is 2. The van der Waals surface area contributed by atoms with Crippen LogP contribution in [0.1, 0.15) is 10.4 Å². The Morgan fingerprint density at radius 1 is 1.43 bits per heavy atom. The third kappa shape index (κ3) is 3.16. The van der Waals surface area contributed by atoms with E-state index in [0.717, 1.165) is 0 Å². The van der Waals surface area contributed by atoms with Gasteiger partial charge < -0.3 is 4.74 Å². The molecule has 0 radical (unpaired) electrons. The summed E-state index contributed by atoms with van der Waals surface area (Å²) in [4.78, 5) is 11.3. The first kappa shape index (κ1) is 10.1. The minimum atomic E-state index is -0.357. The number of rotatable bonds is 2. The molecule has 1 rings (SSSR count). The lowest BCUT2D eigenvalue weighted by molar-refractivity contribution is 0.0556. The normalized spacial score (nSPS) is 8.29. The zero-order chi connectivity index (χ0) is 10.2. The first-order valence-corrected chi connectivity index (χ1v) is 4.16. The van der Waals surface area contributed by atoms with E-state index >= 15 is 0 Å². The van der Waals surface area contributed by atoms with E-state index in [1.807, 2.05) is 6.07 Å². The van der Waals surface area contributed by atoms with Gasteiger partial charge in [-0.25, -0.2) is 4.79 Å². The molecule has 0 aliphatic heterocycles. The largest absolute Gasteiger partial charge is 0.449 e. The van der Waals surface area contributed by atoms with Crippen molar-refractivity contribution >= 4 is 5.97 Å². The van der Waals surface area contributed by atoms with Gasteiger partial charge in [0.2, 0.25) is 0 Å². The molecule has 0 aliphatic carbocycles. The average molecular weight is 186 g/mol. The quantitative estimate of drug-likeness (QED) is 0.522. The van der Waals surface area contributed by atoms with Crippen LogP contribution in [0.2, 0.25) is 0 Å². The van der Waals surface area contributed by atoms with Gasteiger partial charge in [-0.3, -0.25) is 0 Å². The van der Waals surface area contributed by atoms with Crippen LogP contribution in [0.25, 0.3) is 0 Å². The fraction of sp³-hybridized carbons (Fsp3) is 0.0833. The predicted octanol–water partition coefficient (Wildman–Crippen LogP) is 2.03. The van der Waals surface area contributed by atoms with Gasteiger partial charge in [-0.2, -0.15) is 0 Å². The molecular weight excluding hydrogens is 176 g/mol. The lowest BCUT2D eigenvalue weighted by atomic mass is 10.2. The lowest BCUT2D eigenvalue weighted by Crippen LogP contribution is -2.04. The molecule has 0 aromatic heterocycles. The highest BCUT2D eigenvalue weighted by molar-refractivity contribution is 5.89. The number of esters is 1. The van der Waals surface area contributed by atoms with Crippen LogP contribution in [0.3, 0.4) is 0 Å². The Hall–Kier alpha value is -2.01. The van der Waals surface area contributed by atoms with E-state index in [9.17, 15) is 4.79 Å². The molecule has 1 aromatic rings. The number of benzene rings is 1. The summed E-state index contributed by atoms with van der Waals surface area (Å²) in [7, 11) is 0. The van der Waals surface area contributed by atoms with Gasteiger partial charge in [0.05, 0.1) is 5.56 Å². The van der Waals surface area contributed by atoms with Gasteiger partial charge in [-0.1, -0.05) is 36.6 Å². The van der Waals surface area contributed by atoms with Crippen LogP contribution in [0, 0.1) is 11.8 Å². The maximum Gasteiger partial charge on any atom is 0.339 e. The van der Waals surface area contributed by atoms with Crippen molar-refractivity contribution in [3.8, 4) is 11.8 Å².